The number of nitrogens with zero attached hydrogens (tertiary/aromatic N) is 2. The summed E-state index contributed by atoms with van der Waals surface area (Å²) < 4.78 is 15.2. The first kappa shape index (κ1) is 14.7. The summed E-state index contributed by atoms with van der Waals surface area (Å²) in [5.41, 5.74) is 0. The number of urea groups is 1. The summed E-state index contributed by atoms with van der Waals surface area (Å²) in [6.07, 6.45) is -0.0284. The first-order valence-electron chi connectivity index (χ1n) is 5.83. The second-order valence-electron chi connectivity index (χ2n) is 4.03. The van der Waals surface area contributed by atoms with Crippen LogP contribution in [0.4, 0.5) is 4.79 Å². The standard InChI is InChI=1S/C11H20N2O5/c1-4-10(14)18-9-5-12(7-16-2)11(15)13(6-9)8-17-3/h9H,4-8H2,1-3H3. The summed E-state index contributed by atoms with van der Waals surface area (Å²) in [5, 5.41) is 0. The highest BCUT2D eigenvalue weighted by atomic mass is 16.5. The molecule has 0 bridgehead atoms. The van der Waals surface area contributed by atoms with Gasteiger partial charge < -0.3 is 14.2 Å². The monoisotopic (exact) mass is 260 g/mol. The number of carbonyl (C=O) groups excluding carboxylic acids is 2. The third kappa shape index (κ3) is 3.85. The maximum Gasteiger partial charge on any atom is 0.323 e. The molecule has 1 aliphatic heterocycles. The molecule has 1 saturated heterocycles. The van der Waals surface area contributed by atoms with Gasteiger partial charge in [-0.3, -0.25) is 14.6 Å². The van der Waals surface area contributed by atoms with Crippen LogP contribution in [-0.2, 0) is 19.0 Å². The zero-order valence-corrected chi connectivity index (χ0v) is 11.0. The van der Waals surface area contributed by atoms with Crippen LogP contribution in [0.1, 0.15) is 13.3 Å². The van der Waals surface area contributed by atoms with Crippen LogP contribution in [0.3, 0.4) is 0 Å². The Bertz CT molecular complexity index is 279. The molecule has 0 aromatic heterocycles. The van der Waals surface area contributed by atoms with Crippen molar-refractivity contribution < 1.29 is 23.8 Å². The fraction of sp³-hybridized carbons (Fsp3) is 0.818. The molecule has 1 fully saturated rings. The van der Waals surface area contributed by atoms with E-state index in [9.17, 15) is 9.59 Å². The molecule has 0 saturated carbocycles. The predicted octanol–water partition coefficient (Wildman–Crippen LogP) is 0.254. The molecule has 0 unspecified atom stereocenters. The van der Waals surface area contributed by atoms with Gasteiger partial charge in [0.25, 0.3) is 0 Å². The van der Waals surface area contributed by atoms with Gasteiger partial charge in [-0.25, -0.2) is 4.79 Å². The van der Waals surface area contributed by atoms with Gasteiger partial charge >= 0.3 is 12.0 Å². The van der Waals surface area contributed by atoms with Crippen LogP contribution in [0.5, 0.6) is 0 Å². The van der Waals surface area contributed by atoms with Crippen LogP contribution in [0, 0.1) is 0 Å². The Morgan fingerprint density at radius 2 is 1.72 bits per heavy atom. The Kier molecular flexibility index (Phi) is 5.87. The fourth-order valence-corrected chi connectivity index (χ4v) is 1.78. The average molecular weight is 260 g/mol. The molecule has 1 aliphatic rings. The zero-order chi connectivity index (χ0) is 13.5. The molecular weight excluding hydrogens is 240 g/mol. The van der Waals surface area contributed by atoms with E-state index in [0.717, 1.165) is 0 Å². The van der Waals surface area contributed by atoms with Crippen molar-refractivity contribution in [3.8, 4) is 0 Å². The molecule has 0 radical (unpaired) electrons. The largest absolute Gasteiger partial charge is 0.459 e. The van der Waals surface area contributed by atoms with Crippen molar-refractivity contribution in [3.05, 3.63) is 0 Å². The van der Waals surface area contributed by atoms with E-state index in [2.05, 4.69) is 0 Å². The summed E-state index contributed by atoms with van der Waals surface area (Å²) >= 11 is 0. The van der Waals surface area contributed by atoms with E-state index in [1.165, 1.54) is 24.0 Å². The lowest BCUT2D eigenvalue weighted by Gasteiger charge is -2.38. The molecule has 0 N–H and O–H groups in total. The first-order valence-corrected chi connectivity index (χ1v) is 5.83. The van der Waals surface area contributed by atoms with Crippen molar-refractivity contribution in [2.75, 3.05) is 40.8 Å². The number of carbonyl (C=O) groups is 2. The molecule has 7 heteroatoms. The first-order chi connectivity index (χ1) is 8.62. The van der Waals surface area contributed by atoms with E-state index in [1.54, 1.807) is 6.92 Å². The molecule has 1 heterocycles. The lowest BCUT2D eigenvalue weighted by atomic mass is 10.2. The van der Waals surface area contributed by atoms with Crippen LogP contribution in [0.15, 0.2) is 0 Å². The minimum Gasteiger partial charge on any atom is -0.459 e. The molecule has 0 atom stereocenters. The smallest absolute Gasteiger partial charge is 0.323 e. The van der Waals surface area contributed by atoms with E-state index in [0.29, 0.717) is 19.5 Å². The summed E-state index contributed by atoms with van der Waals surface area (Å²) in [6.45, 7) is 2.76. The quantitative estimate of drug-likeness (QED) is 0.640. The number of esters is 1. The fourth-order valence-electron chi connectivity index (χ4n) is 1.78. The minimum atomic E-state index is -0.347. The number of methoxy groups -OCH3 is 2. The average Bonchev–Trinajstić information content (AvgIpc) is 2.35. The molecule has 7 nitrogen and oxygen atoms in total. The van der Waals surface area contributed by atoms with Crippen molar-refractivity contribution in [1.29, 1.82) is 0 Å². The van der Waals surface area contributed by atoms with Gasteiger partial charge in [-0.1, -0.05) is 6.92 Å². The third-order valence-corrected chi connectivity index (χ3v) is 2.55. The van der Waals surface area contributed by atoms with Crippen molar-refractivity contribution in [2.24, 2.45) is 0 Å². The van der Waals surface area contributed by atoms with Crippen LogP contribution >= 0.6 is 0 Å². The highest BCUT2D eigenvalue weighted by Gasteiger charge is 2.33. The SMILES string of the molecule is CCC(=O)OC1CN(COC)C(=O)N(COC)C1. The molecule has 1 rings (SSSR count). The lowest BCUT2D eigenvalue weighted by Crippen LogP contribution is -2.57. The summed E-state index contributed by atoms with van der Waals surface area (Å²) in [4.78, 5) is 26.2. The minimum absolute atomic E-state index is 0.166. The van der Waals surface area contributed by atoms with Crippen molar-refractivity contribution >= 4 is 12.0 Å². The van der Waals surface area contributed by atoms with Crippen LogP contribution < -0.4 is 0 Å². The Morgan fingerprint density at radius 3 is 2.11 bits per heavy atom. The summed E-state index contributed by atoms with van der Waals surface area (Å²) in [7, 11) is 3.02. The normalized spacial score (nSPS) is 17.2. The van der Waals surface area contributed by atoms with Crippen LogP contribution in [0.25, 0.3) is 0 Å². The highest BCUT2D eigenvalue weighted by molar-refractivity contribution is 5.75. The number of ether oxygens (including phenoxy) is 3. The molecule has 0 aromatic rings. The van der Waals surface area contributed by atoms with E-state index in [4.69, 9.17) is 14.2 Å². The van der Waals surface area contributed by atoms with Gasteiger partial charge in [0.2, 0.25) is 0 Å². The molecule has 0 spiro atoms. The summed E-state index contributed by atoms with van der Waals surface area (Å²) in [6, 6.07) is -0.178. The van der Waals surface area contributed by atoms with Crippen molar-refractivity contribution in [2.45, 2.75) is 19.4 Å². The van der Waals surface area contributed by atoms with Gasteiger partial charge in [-0.05, 0) is 0 Å². The molecule has 2 amide bonds. The topological polar surface area (TPSA) is 68.3 Å². The van der Waals surface area contributed by atoms with Gasteiger partial charge in [0.15, 0.2) is 0 Å². The second-order valence-corrected chi connectivity index (χ2v) is 4.03. The number of amides is 2. The van der Waals surface area contributed by atoms with Crippen LogP contribution in [0.2, 0.25) is 0 Å². The van der Waals surface area contributed by atoms with Crippen molar-refractivity contribution in [3.63, 3.8) is 0 Å². The Morgan fingerprint density at radius 1 is 1.22 bits per heavy atom. The number of hydrogen-bond donors (Lipinski definition) is 0. The van der Waals surface area contributed by atoms with E-state index >= 15 is 0 Å². The Balaban J connectivity index is 2.65. The highest BCUT2D eigenvalue weighted by Crippen LogP contribution is 2.12. The lowest BCUT2D eigenvalue weighted by molar-refractivity contribution is -0.153. The predicted molar refractivity (Wildman–Crippen MR) is 62.7 cm³/mol. The molecule has 104 valence electrons. The maximum atomic E-state index is 12.0. The van der Waals surface area contributed by atoms with Gasteiger partial charge in [0, 0.05) is 20.6 Å². The van der Waals surface area contributed by atoms with Gasteiger partial charge in [-0.2, -0.15) is 0 Å². The number of rotatable bonds is 6. The van der Waals surface area contributed by atoms with E-state index in [1.807, 2.05) is 0 Å². The summed E-state index contributed by atoms with van der Waals surface area (Å²) in [5.74, 6) is -0.274. The maximum absolute atomic E-state index is 12.0. The second kappa shape index (κ2) is 7.17. The van der Waals surface area contributed by atoms with Gasteiger partial charge in [0.1, 0.15) is 19.6 Å². The molecule has 0 aliphatic carbocycles. The Labute approximate surface area is 107 Å². The zero-order valence-electron chi connectivity index (χ0n) is 11.0. The molecule has 18 heavy (non-hydrogen) atoms. The van der Waals surface area contributed by atoms with Crippen molar-refractivity contribution in [1.82, 2.24) is 9.80 Å². The van der Waals surface area contributed by atoms with Crippen LogP contribution in [-0.4, -0.2) is 68.7 Å². The molecule has 0 aromatic carbocycles. The number of hydrogen-bond acceptors (Lipinski definition) is 5. The third-order valence-electron chi connectivity index (χ3n) is 2.55. The van der Waals surface area contributed by atoms with E-state index < -0.39 is 0 Å². The van der Waals surface area contributed by atoms with E-state index in [-0.39, 0.29) is 31.6 Å². The van der Waals surface area contributed by atoms with Gasteiger partial charge in [0.05, 0.1) is 13.1 Å². The Hall–Kier alpha value is -1.34. The molecular formula is C11H20N2O5. The van der Waals surface area contributed by atoms with Gasteiger partial charge in [-0.15, -0.1) is 0 Å².